The van der Waals surface area contributed by atoms with Crippen LogP contribution in [0.2, 0.25) is 0 Å². The van der Waals surface area contributed by atoms with Gasteiger partial charge in [0, 0.05) is 32.2 Å². The van der Waals surface area contributed by atoms with Crippen LogP contribution < -0.4 is 10.1 Å². The SMILES string of the molecule is CCCCC[C@H](c1cccc(OC(F)(F)F)c1)N1CCNCC1.Cl. The summed E-state index contributed by atoms with van der Waals surface area (Å²) in [5.74, 6) is -0.134. The molecule has 24 heavy (non-hydrogen) atoms. The van der Waals surface area contributed by atoms with E-state index in [1.807, 2.05) is 6.07 Å². The van der Waals surface area contributed by atoms with Crippen molar-refractivity contribution < 1.29 is 17.9 Å². The van der Waals surface area contributed by atoms with Crippen molar-refractivity contribution in [3.8, 4) is 5.75 Å². The highest BCUT2D eigenvalue weighted by atomic mass is 35.5. The van der Waals surface area contributed by atoms with Crippen LogP contribution in [0.5, 0.6) is 5.75 Å². The maximum Gasteiger partial charge on any atom is 0.573 e. The largest absolute Gasteiger partial charge is 0.573 e. The van der Waals surface area contributed by atoms with Crippen LogP contribution in [-0.4, -0.2) is 37.4 Å². The molecule has 1 atom stereocenters. The van der Waals surface area contributed by atoms with Gasteiger partial charge in [0.2, 0.25) is 0 Å². The van der Waals surface area contributed by atoms with E-state index in [-0.39, 0.29) is 24.2 Å². The Hall–Kier alpha value is -0.980. The Morgan fingerprint density at radius 3 is 2.54 bits per heavy atom. The molecular weight excluding hydrogens is 341 g/mol. The van der Waals surface area contributed by atoms with Crippen molar-refractivity contribution in [2.45, 2.75) is 45.0 Å². The summed E-state index contributed by atoms with van der Waals surface area (Å²) in [7, 11) is 0. The van der Waals surface area contributed by atoms with Gasteiger partial charge in [-0.15, -0.1) is 25.6 Å². The normalized spacial score (nSPS) is 17.2. The molecule has 0 saturated carbocycles. The van der Waals surface area contributed by atoms with E-state index < -0.39 is 6.36 Å². The van der Waals surface area contributed by atoms with Gasteiger partial charge in [-0.2, -0.15) is 0 Å². The number of unbranched alkanes of at least 4 members (excludes halogenated alkanes) is 2. The zero-order valence-electron chi connectivity index (χ0n) is 13.9. The second-order valence-electron chi connectivity index (χ2n) is 5.92. The molecule has 1 aliphatic heterocycles. The van der Waals surface area contributed by atoms with E-state index in [1.54, 1.807) is 6.07 Å². The first kappa shape index (κ1) is 21.1. The zero-order chi connectivity index (χ0) is 16.7. The average molecular weight is 367 g/mol. The van der Waals surface area contributed by atoms with Crippen LogP contribution in [0.15, 0.2) is 24.3 Å². The quantitative estimate of drug-likeness (QED) is 0.717. The number of nitrogens with one attached hydrogen (secondary N) is 1. The third-order valence-electron chi connectivity index (χ3n) is 4.15. The van der Waals surface area contributed by atoms with Crippen molar-refractivity contribution >= 4 is 12.4 Å². The van der Waals surface area contributed by atoms with E-state index in [9.17, 15) is 13.2 Å². The van der Waals surface area contributed by atoms with Crippen molar-refractivity contribution in [2.75, 3.05) is 26.2 Å². The van der Waals surface area contributed by atoms with Crippen LogP contribution in [0.25, 0.3) is 0 Å². The van der Waals surface area contributed by atoms with Gasteiger partial charge < -0.3 is 10.1 Å². The summed E-state index contributed by atoms with van der Waals surface area (Å²) < 4.78 is 41.4. The topological polar surface area (TPSA) is 24.5 Å². The number of ether oxygens (including phenoxy) is 1. The van der Waals surface area contributed by atoms with E-state index in [0.29, 0.717) is 0 Å². The third-order valence-corrected chi connectivity index (χ3v) is 4.15. The Morgan fingerprint density at radius 1 is 1.21 bits per heavy atom. The van der Waals surface area contributed by atoms with Gasteiger partial charge in [-0.3, -0.25) is 4.90 Å². The maximum atomic E-state index is 12.4. The number of nitrogens with zero attached hydrogens (tertiary/aromatic N) is 1. The average Bonchev–Trinajstić information content (AvgIpc) is 2.51. The Morgan fingerprint density at radius 2 is 1.92 bits per heavy atom. The Balaban J connectivity index is 0.00000288. The summed E-state index contributed by atoms with van der Waals surface area (Å²) in [6, 6.07) is 6.59. The van der Waals surface area contributed by atoms with Gasteiger partial charge in [-0.05, 0) is 24.1 Å². The summed E-state index contributed by atoms with van der Waals surface area (Å²) in [5, 5.41) is 3.32. The lowest BCUT2D eigenvalue weighted by Gasteiger charge is -2.35. The molecule has 138 valence electrons. The van der Waals surface area contributed by atoms with Gasteiger partial charge >= 0.3 is 6.36 Å². The molecule has 1 aliphatic rings. The minimum Gasteiger partial charge on any atom is -0.406 e. The second kappa shape index (κ2) is 10.1. The van der Waals surface area contributed by atoms with E-state index >= 15 is 0 Å². The summed E-state index contributed by atoms with van der Waals surface area (Å²) in [6.45, 7) is 5.83. The molecule has 1 aromatic rings. The van der Waals surface area contributed by atoms with E-state index in [4.69, 9.17) is 0 Å². The number of halogens is 4. The molecule has 7 heteroatoms. The molecule has 2 rings (SSSR count). The highest BCUT2D eigenvalue weighted by Crippen LogP contribution is 2.31. The number of rotatable bonds is 7. The molecule has 0 radical (unpaired) electrons. The van der Waals surface area contributed by atoms with Crippen molar-refractivity contribution in [3.05, 3.63) is 29.8 Å². The molecule has 1 fully saturated rings. The molecular formula is C17H26ClF3N2O. The van der Waals surface area contributed by atoms with E-state index in [2.05, 4.69) is 21.9 Å². The monoisotopic (exact) mass is 366 g/mol. The Kier molecular flexibility index (Phi) is 8.87. The third kappa shape index (κ3) is 6.87. The molecule has 0 bridgehead atoms. The standard InChI is InChI=1S/C17H25F3N2O.ClH/c1-2-3-4-8-16(22-11-9-21-10-12-22)14-6-5-7-15(13-14)23-17(18,19)20;/h5-7,13,16,21H,2-4,8-12H2,1H3;1H/t16-;/m1./s1. The lowest BCUT2D eigenvalue weighted by molar-refractivity contribution is -0.274. The number of hydrogen-bond acceptors (Lipinski definition) is 3. The van der Waals surface area contributed by atoms with Crippen LogP contribution >= 0.6 is 12.4 Å². The highest BCUT2D eigenvalue weighted by molar-refractivity contribution is 5.85. The van der Waals surface area contributed by atoms with Crippen LogP contribution in [0, 0.1) is 0 Å². The molecule has 1 aromatic carbocycles. The molecule has 0 spiro atoms. The fourth-order valence-electron chi connectivity index (χ4n) is 3.06. The minimum absolute atomic E-state index is 0. The number of piperazine rings is 1. The lowest BCUT2D eigenvalue weighted by atomic mass is 9.98. The smallest absolute Gasteiger partial charge is 0.406 e. The van der Waals surface area contributed by atoms with Crippen LogP contribution in [-0.2, 0) is 0 Å². The summed E-state index contributed by atoms with van der Waals surface area (Å²) in [5.41, 5.74) is 0.907. The first-order valence-electron chi connectivity index (χ1n) is 8.30. The molecule has 0 aliphatic carbocycles. The van der Waals surface area contributed by atoms with Crippen LogP contribution in [0.1, 0.15) is 44.2 Å². The van der Waals surface area contributed by atoms with E-state index in [1.165, 1.54) is 12.1 Å². The predicted molar refractivity (Wildman–Crippen MR) is 91.7 cm³/mol. The molecule has 0 aromatic heterocycles. The summed E-state index contributed by atoms with van der Waals surface area (Å²) in [6.07, 6.45) is -0.336. The summed E-state index contributed by atoms with van der Waals surface area (Å²) >= 11 is 0. The highest BCUT2D eigenvalue weighted by Gasteiger charge is 2.31. The Bertz CT molecular complexity index is 479. The van der Waals surface area contributed by atoms with Gasteiger partial charge in [0.05, 0.1) is 0 Å². The van der Waals surface area contributed by atoms with Crippen molar-refractivity contribution in [3.63, 3.8) is 0 Å². The predicted octanol–water partition coefficient (Wildman–Crippen LogP) is 4.53. The number of alkyl halides is 3. The number of benzene rings is 1. The zero-order valence-corrected chi connectivity index (χ0v) is 14.8. The molecule has 3 nitrogen and oxygen atoms in total. The van der Waals surface area contributed by atoms with Gasteiger partial charge in [0.1, 0.15) is 5.75 Å². The fraction of sp³-hybridized carbons (Fsp3) is 0.647. The van der Waals surface area contributed by atoms with Crippen molar-refractivity contribution in [2.24, 2.45) is 0 Å². The molecule has 0 unspecified atom stereocenters. The first-order chi connectivity index (χ1) is 11.0. The van der Waals surface area contributed by atoms with Crippen LogP contribution in [0.3, 0.4) is 0 Å². The van der Waals surface area contributed by atoms with Crippen molar-refractivity contribution in [1.29, 1.82) is 0 Å². The molecule has 1 heterocycles. The first-order valence-corrected chi connectivity index (χ1v) is 8.30. The number of hydrogen-bond donors (Lipinski definition) is 1. The minimum atomic E-state index is -4.65. The van der Waals surface area contributed by atoms with Crippen LogP contribution in [0.4, 0.5) is 13.2 Å². The van der Waals surface area contributed by atoms with Gasteiger partial charge in [-0.25, -0.2) is 0 Å². The summed E-state index contributed by atoms with van der Waals surface area (Å²) in [4.78, 5) is 2.36. The van der Waals surface area contributed by atoms with Gasteiger partial charge in [-0.1, -0.05) is 38.3 Å². The van der Waals surface area contributed by atoms with E-state index in [0.717, 1.165) is 57.4 Å². The molecule has 0 amide bonds. The molecule has 1 N–H and O–H groups in total. The lowest BCUT2D eigenvalue weighted by Crippen LogP contribution is -2.45. The second-order valence-corrected chi connectivity index (χ2v) is 5.92. The molecule has 1 saturated heterocycles. The fourth-order valence-corrected chi connectivity index (χ4v) is 3.06. The van der Waals surface area contributed by atoms with Gasteiger partial charge in [0.25, 0.3) is 0 Å². The Labute approximate surface area is 148 Å². The maximum absolute atomic E-state index is 12.4. The van der Waals surface area contributed by atoms with Crippen molar-refractivity contribution in [1.82, 2.24) is 10.2 Å². The van der Waals surface area contributed by atoms with Gasteiger partial charge in [0.15, 0.2) is 0 Å².